The standard InChI is InChI=1S/C30H26F2N4O4/c1-29(2)24(37)12-23(17-8-19(31)11-20(32)9-17)36(28(29)40)15-25(38)34-21-6-5-16-13-30(14-18(16)10-21)22-4-3-7-33-26(22)35-27(30)39/h3-11,23H,12-15H2,1-2H3,(H,34,38)(H,33,35,39). The Morgan fingerprint density at radius 3 is 2.52 bits per heavy atom. The van der Waals surface area contributed by atoms with Crippen molar-refractivity contribution in [1.82, 2.24) is 9.88 Å². The Bertz CT molecular complexity index is 1600. The van der Waals surface area contributed by atoms with Gasteiger partial charge < -0.3 is 15.5 Å². The highest BCUT2D eigenvalue weighted by Gasteiger charge is 2.51. The van der Waals surface area contributed by atoms with Gasteiger partial charge in [0.25, 0.3) is 0 Å². The number of benzene rings is 2. The maximum Gasteiger partial charge on any atom is 0.244 e. The number of piperidine rings is 1. The topological polar surface area (TPSA) is 108 Å². The van der Waals surface area contributed by atoms with Crippen LogP contribution in [0.2, 0.25) is 0 Å². The molecule has 2 aromatic carbocycles. The molecule has 1 saturated heterocycles. The summed E-state index contributed by atoms with van der Waals surface area (Å²) in [7, 11) is 0. The first-order valence-corrected chi connectivity index (χ1v) is 13.0. The number of Topliss-reactive ketones (excluding diaryl/α,β-unsaturated/α-hetero) is 1. The van der Waals surface area contributed by atoms with E-state index < -0.39 is 46.9 Å². The van der Waals surface area contributed by atoms with E-state index in [1.807, 2.05) is 18.2 Å². The molecule has 1 spiro atoms. The third kappa shape index (κ3) is 4.06. The van der Waals surface area contributed by atoms with E-state index in [0.29, 0.717) is 30.4 Å². The van der Waals surface area contributed by atoms with Crippen molar-refractivity contribution in [3.8, 4) is 0 Å². The van der Waals surface area contributed by atoms with Gasteiger partial charge in [0.1, 0.15) is 35.2 Å². The van der Waals surface area contributed by atoms with Gasteiger partial charge in [0.15, 0.2) is 0 Å². The number of nitrogens with zero attached hydrogens (tertiary/aromatic N) is 2. The molecule has 3 aliphatic rings. The summed E-state index contributed by atoms with van der Waals surface area (Å²) in [5, 5.41) is 5.67. The first-order valence-electron chi connectivity index (χ1n) is 13.0. The number of likely N-dealkylation sites (tertiary alicyclic amines) is 1. The third-order valence-electron chi connectivity index (χ3n) is 8.30. The van der Waals surface area contributed by atoms with Gasteiger partial charge >= 0.3 is 0 Å². The summed E-state index contributed by atoms with van der Waals surface area (Å²) >= 11 is 0. The van der Waals surface area contributed by atoms with E-state index in [0.717, 1.165) is 28.8 Å². The Kier molecular flexibility index (Phi) is 5.83. The van der Waals surface area contributed by atoms with Gasteiger partial charge in [0.05, 0.1) is 11.5 Å². The second-order valence-electron chi connectivity index (χ2n) is 11.2. The number of pyridine rings is 1. The van der Waals surface area contributed by atoms with Crippen molar-refractivity contribution < 1.29 is 28.0 Å². The number of ketones is 1. The molecule has 2 N–H and O–H groups in total. The number of aromatic nitrogens is 1. The normalized spacial score (nSPS) is 22.8. The fourth-order valence-corrected chi connectivity index (χ4v) is 6.11. The van der Waals surface area contributed by atoms with E-state index in [9.17, 15) is 28.0 Å². The second-order valence-corrected chi connectivity index (χ2v) is 11.2. The average molecular weight is 545 g/mol. The van der Waals surface area contributed by atoms with Crippen LogP contribution in [0.5, 0.6) is 0 Å². The minimum atomic E-state index is -1.38. The molecular formula is C30H26F2N4O4. The summed E-state index contributed by atoms with van der Waals surface area (Å²) in [4.78, 5) is 57.7. The van der Waals surface area contributed by atoms with Crippen LogP contribution in [-0.2, 0) is 37.4 Å². The Morgan fingerprint density at radius 2 is 1.77 bits per heavy atom. The predicted molar refractivity (Wildman–Crippen MR) is 141 cm³/mol. The van der Waals surface area contributed by atoms with Crippen LogP contribution in [0.4, 0.5) is 20.3 Å². The van der Waals surface area contributed by atoms with Gasteiger partial charge in [-0.2, -0.15) is 0 Å². The van der Waals surface area contributed by atoms with Crippen molar-refractivity contribution in [2.75, 3.05) is 17.2 Å². The Balaban J connectivity index is 1.23. The van der Waals surface area contributed by atoms with Gasteiger partial charge in [-0.25, -0.2) is 13.8 Å². The summed E-state index contributed by atoms with van der Waals surface area (Å²) in [5.41, 5.74) is 1.22. The molecule has 3 aromatic rings. The molecule has 8 nitrogen and oxygen atoms in total. The molecule has 3 amide bonds. The number of rotatable bonds is 4. The first kappa shape index (κ1) is 25.8. The second kappa shape index (κ2) is 9.04. The molecule has 0 saturated carbocycles. The summed E-state index contributed by atoms with van der Waals surface area (Å²) in [6, 6.07) is 11.0. The first-order chi connectivity index (χ1) is 19.0. The number of nitrogens with one attached hydrogen (secondary N) is 2. The SMILES string of the molecule is CC1(C)C(=O)CC(c2cc(F)cc(F)c2)N(CC(=O)Nc2ccc3c(c2)CC2(C3)C(=O)Nc3ncccc32)C1=O. The van der Waals surface area contributed by atoms with Crippen LogP contribution in [0.15, 0.2) is 54.7 Å². The number of halogens is 2. The molecule has 2 atom stereocenters. The van der Waals surface area contributed by atoms with Crippen LogP contribution in [0, 0.1) is 17.0 Å². The highest BCUT2D eigenvalue weighted by molar-refractivity contribution is 6.09. The molecule has 1 fully saturated rings. The molecule has 1 aromatic heterocycles. The van der Waals surface area contributed by atoms with Gasteiger partial charge in [-0.15, -0.1) is 0 Å². The maximum atomic E-state index is 14.0. The molecule has 10 heteroatoms. The van der Waals surface area contributed by atoms with E-state index in [1.165, 1.54) is 18.7 Å². The maximum absolute atomic E-state index is 14.0. The molecule has 2 aliphatic heterocycles. The summed E-state index contributed by atoms with van der Waals surface area (Å²) in [6.45, 7) is 2.54. The van der Waals surface area contributed by atoms with E-state index in [2.05, 4.69) is 15.6 Å². The largest absolute Gasteiger partial charge is 0.325 e. The Hall–Kier alpha value is -4.47. The smallest absolute Gasteiger partial charge is 0.244 e. The van der Waals surface area contributed by atoms with Crippen molar-refractivity contribution in [2.24, 2.45) is 5.41 Å². The lowest BCUT2D eigenvalue weighted by Gasteiger charge is -2.41. The third-order valence-corrected chi connectivity index (χ3v) is 8.30. The number of hydrogen-bond acceptors (Lipinski definition) is 5. The monoisotopic (exact) mass is 544 g/mol. The van der Waals surface area contributed by atoms with Crippen molar-refractivity contribution in [3.63, 3.8) is 0 Å². The van der Waals surface area contributed by atoms with Crippen LogP contribution in [0.1, 0.15) is 48.6 Å². The average Bonchev–Trinajstić information content (AvgIpc) is 3.41. The molecule has 2 unspecified atom stereocenters. The number of carbonyl (C=O) groups excluding carboxylic acids is 4. The lowest BCUT2D eigenvalue weighted by atomic mass is 9.77. The van der Waals surface area contributed by atoms with Crippen molar-refractivity contribution >= 4 is 35.0 Å². The van der Waals surface area contributed by atoms with E-state index in [1.54, 1.807) is 18.3 Å². The molecule has 204 valence electrons. The van der Waals surface area contributed by atoms with Crippen LogP contribution in [0.25, 0.3) is 0 Å². The zero-order valence-electron chi connectivity index (χ0n) is 21.9. The molecule has 0 bridgehead atoms. The molecule has 40 heavy (non-hydrogen) atoms. The molecule has 1 aliphatic carbocycles. The van der Waals surface area contributed by atoms with Crippen LogP contribution < -0.4 is 10.6 Å². The lowest BCUT2D eigenvalue weighted by Crippen LogP contribution is -2.54. The Morgan fingerprint density at radius 1 is 1.05 bits per heavy atom. The fourth-order valence-electron chi connectivity index (χ4n) is 6.11. The van der Waals surface area contributed by atoms with Crippen molar-refractivity contribution in [1.29, 1.82) is 0 Å². The van der Waals surface area contributed by atoms with Crippen LogP contribution in [0.3, 0.4) is 0 Å². The highest BCUT2D eigenvalue weighted by atomic mass is 19.1. The number of amides is 3. The Labute approximate surface area is 228 Å². The fraction of sp³-hybridized carbons (Fsp3) is 0.300. The number of anilines is 2. The van der Waals surface area contributed by atoms with Gasteiger partial charge in [0.2, 0.25) is 17.7 Å². The van der Waals surface area contributed by atoms with Crippen molar-refractivity contribution in [3.05, 3.63) is 88.6 Å². The zero-order chi connectivity index (χ0) is 28.4. The van der Waals surface area contributed by atoms with Gasteiger partial charge in [-0.05, 0) is 73.7 Å². The summed E-state index contributed by atoms with van der Waals surface area (Å²) in [5.74, 6) is -2.71. The quantitative estimate of drug-likeness (QED) is 0.485. The molecule has 0 radical (unpaired) electrons. The zero-order valence-corrected chi connectivity index (χ0v) is 21.9. The lowest BCUT2D eigenvalue weighted by molar-refractivity contribution is -0.157. The summed E-state index contributed by atoms with van der Waals surface area (Å²) in [6.07, 6.45) is 2.42. The predicted octanol–water partition coefficient (Wildman–Crippen LogP) is 3.86. The van der Waals surface area contributed by atoms with Gasteiger partial charge in [0, 0.05) is 29.9 Å². The molecule has 6 rings (SSSR count). The number of fused-ring (bicyclic) bond motifs is 3. The van der Waals surface area contributed by atoms with E-state index in [4.69, 9.17) is 0 Å². The summed E-state index contributed by atoms with van der Waals surface area (Å²) < 4.78 is 28.0. The van der Waals surface area contributed by atoms with Crippen molar-refractivity contribution in [2.45, 2.75) is 44.6 Å². The van der Waals surface area contributed by atoms with Gasteiger partial charge in [-0.3, -0.25) is 19.2 Å². The number of carbonyl (C=O) groups is 4. The van der Waals surface area contributed by atoms with Gasteiger partial charge in [-0.1, -0.05) is 12.1 Å². The number of hydrogen-bond donors (Lipinski definition) is 2. The highest BCUT2D eigenvalue weighted by Crippen LogP contribution is 2.47. The molecular weight excluding hydrogens is 518 g/mol. The molecule has 3 heterocycles. The minimum absolute atomic E-state index is 0.106. The van der Waals surface area contributed by atoms with Crippen LogP contribution in [-0.4, -0.2) is 39.9 Å². The minimum Gasteiger partial charge on any atom is -0.325 e. The van der Waals surface area contributed by atoms with E-state index >= 15 is 0 Å². The van der Waals surface area contributed by atoms with E-state index in [-0.39, 0.29) is 23.7 Å². The van der Waals surface area contributed by atoms with Crippen LogP contribution >= 0.6 is 0 Å².